The zero-order valence-corrected chi connectivity index (χ0v) is 20.3. The second-order valence-corrected chi connectivity index (χ2v) is 11.8. The van der Waals surface area contributed by atoms with Crippen molar-refractivity contribution in [2.75, 3.05) is 10.5 Å². The molecule has 178 valence electrons. The summed E-state index contributed by atoms with van der Waals surface area (Å²) < 4.78 is 68.4. The molecule has 0 fully saturated rings. The maximum absolute atomic E-state index is 13.8. The largest absolute Gasteiger partial charge is 0.284 e. The topological polar surface area (TPSA) is 95.9 Å². The highest BCUT2D eigenvalue weighted by Gasteiger charge is 2.38. The zero-order chi connectivity index (χ0) is 24.5. The van der Waals surface area contributed by atoms with Crippen LogP contribution in [0, 0.1) is 12.7 Å². The van der Waals surface area contributed by atoms with Crippen molar-refractivity contribution in [3.63, 3.8) is 0 Å². The van der Waals surface area contributed by atoms with Crippen molar-refractivity contribution in [1.29, 1.82) is 0 Å². The van der Waals surface area contributed by atoms with Crippen LogP contribution in [-0.4, -0.2) is 32.7 Å². The molecule has 0 spiro atoms. The maximum Gasteiger partial charge on any atom is 0.279 e. The van der Waals surface area contributed by atoms with Crippen LogP contribution in [0.15, 0.2) is 82.8 Å². The number of rotatable bonds is 7. The Morgan fingerprint density at radius 1 is 1.00 bits per heavy atom. The van der Waals surface area contributed by atoms with Gasteiger partial charge in [0.05, 0.1) is 22.4 Å². The summed E-state index contributed by atoms with van der Waals surface area (Å²) >= 11 is 0. The van der Waals surface area contributed by atoms with E-state index in [2.05, 4.69) is 9.82 Å². The number of aryl methyl sites for hydroxylation is 1. The number of nitrogens with zero attached hydrogens (tertiary/aromatic N) is 2. The normalized spacial score (nSPS) is 16.4. The van der Waals surface area contributed by atoms with E-state index < -0.39 is 31.9 Å². The molecule has 0 unspecified atom stereocenters. The molecule has 0 aliphatic carbocycles. The van der Waals surface area contributed by atoms with Gasteiger partial charge in [-0.1, -0.05) is 42.5 Å². The molecule has 0 radical (unpaired) electrons. The summed E-state index contributed by atoms with van der Waals surface area (Å²) in [7, 11) is -7.64. The Kier molecular flexibility index (Phi) is 6.46. The minimum atomic E-state index is -4.16. The molecular formula is C24H24FN3O4S2. The summed E-state index contributed by atoms with van der Waals surface area (Å²) in [5.74, 6) is -0.736. The Bertz CT molecular complexity index is 1470. The molecular weight excluding hydrogens is 477 g/mol. The van der Waals surface area contributed by atoms with Crippen LogP contribution in [0.3, 0.4) is 0 Å². The predicted molar refractivity (Wildman–Crippen MR) is 130 cm³/mol. The Balaban J connectivity index is 1.79. The molecule has 0 amide bonds. The third kappa shape index (κ3) is 4.83. The van der Waals surface area contributed by atoms with E-state index in [9.17, 15) is 21.2 Å². The van der Waals surface area contributed by atoms with Crippen LogP contribution < -0.4 is 4.72 Å². The first-order valence-electron chi connectivity index (χ1n) is 10.6. The van der Waals surface area contributed by atoms with Gasteiger partial charge in [-0.15, -0.1) is 0 Å². The van der Waals surface area contributed by atoms with Crippen molar-refractivity contribution in [3.8, 4) is 0 Å². The lowest BCUT2D eigenvalue weighted by Crippen LogP contribution is -2.27. The molecule has 3 aromatic carbocycles. The Morgan fingerprint density at radius 3 is 2.44 bits per heavy atom. The summed E-state index contributed by atoms with van der Waals surface area (Å²) in [5.41, 5.74) is 3.11. The molecule has 4 rings (SSSR count). The van der Waals surface area contributed by atoms with Gasteiger partial charge in [0.15, 0.2) is 0 Å². The molecule has 1 atom stereocenters. The highest BCUT2D eigenvalue weighted by molar-refractivity contribution is 7.92. The molecule has 7 nitrogen and oxygen atoms in total. The van der Waals surface area contributed by atoms with Gasteiger partial charge >= 0.3 is 0 Å². The fourth-order valence-electron chi connectivity index (χ4n) is 3.83. The fraction of sp³-hybridized carbons (Fsp3) is 0.208. The Hall–Kier alpha value is -3.24. The van der Waals surface area contributed by atoms with Crippen molar-refractivity contribution in [1.82, 2.24) is 4.41 Å². The molecule has 1 N–H and O–H groups in total. The number of hydrogen-bond acceptors (Lipinski definition) is 5. The summed E-state index contributed by atoms with van der Waals surface area (Å²) in [5, 5.41) is 4.46. The van der Waals surface area contributed by atoms with E-state index in [-0.39, 0.29) is 17.1 Å². The second-order valence-electron chi connectivity index (χ2n) is 7.94. The van der Waals surface area contributed by atoms with Crippen LogP contribution >= 0.6 is 0 Å². The van der Waals surface area contributed by atoms with E-state index in [0.29, 0.717) is 17.0 Å². The van der Waals surface area contributed by atoms with Crippen LogP contribution in [0.1, 0.15) is 36.1 Å². The van der Waals surface area contributed by atoms with Gasteiger partial charge in [-0.2, -0.15) is 17.9 Å². The minimum Gasteiger partial charge on any atom is -0.284 e. The van der Waals surface area contributed by atoms with Crippen LogP contribution in [0.2, 0.25) is 0 Å². The molecule has 1 heterocycles. The maximum atomic E-state index is 13.8. The first kappa shape index (κ1) is 23.9. The SMILES string of the molecule is CCS(=O)(=O)Nc1cccc(C2=NN(S(=O)(=O)c3cccc(F)c3)[C@H](c3ccccc3C)C2)c1. The molecule has 0 saturated heterocycles. The van der Waals surface area contributed by atoms with Gasteiger partial charge in [0.1, 0.15) is 5.82 Å². The smallest absolute Gasteiger partial charge is 0.279 e. The van der Waals surface area contributed by atoms with E-state index in [1.54, 1.807) is 24.3 Å². The van der Waals surface area contributed by atoms with E-state index in [0.717, 1.165) is 21.6 Å². The average Bonchev–Trinajstić information content (AvgIpc) is 3.25. The summed E-state index contributed by atoms with van der Waals surface area (Å²) in [6.45, 7) is 3.43. The number of benzene rings is 3. The van der Waals surface area contributed by atoms with Gasteiger partial charge < -0.3 is 0 Å². The van der Waals surface area contributed by atoms with E-state index >= 15 is 0 Å². The lowest BCUT2D eigenvalue weighted by Gasteiger charge is -2.24. The second kappa shape index (κ2) is 9.19. The van der Waals surface area contributed by atoms with E-state index in [4.69, 9.17) is 0 Å². The van der Waals surface area contributed by atoms with Gasteiger partial charge in [-0.3, -0.25) is 4.72 Å². The van der Waals surface area contributed by atoms with Gasteiger partial charge in [0, 0.05) is 12.1 Å². The van der Waals surface area contributed by atoms with Gasteiger partial charge in [-0.05, 0) is 60.9 Å². The first-order chi connectivity index (χ1) is 16.1. The average molecular weight is 502 g/mol. The number of hydrazone groups is 1. The highest BCUT2D eigenvalue weighted by Crippen LogP contribution is 2.38. The summed E-state index contributed by atoms with van der Waals surface area (Å²) in [6, 6.07) is 18.3. The first-order valence-corrected chi connectivity index (χ1v) is 13.7. The zero-order valence-electron chi connectivity index (χ0n) is 18.6. The van der Waals surface area contributed by atoms with Gasteiger partial charge in [0.25, 0.3) is 10.0 Å². The van der Waals surface area contributed by atoms with E-state index in [1.165, 1.54) is 25.1 Å². The van der Waals surface area contributed by atoms with Crippen LogP contribution in [0.25, 0.3) is 0 Å². The molecule has 0 saturated carbocycles. The molecule has 34 heavy (non-hydrogen) atoms. The fourth-order valence-corrected chi connectivity index (χ4v) is 5.91. The monoisotopic (exact) mass is 501 g/mol. The van der Waals surface area contributed by atoms with Crippen molar-refractivity contribution in [2.24, 2.45) is 5.10 Å². The molecule has 0 bridgehead atoms. The molecule has 0 aromatic heterocycles. The Labute approximate surface area is 199 Å². The number of hydrogen-bond donors (Lipinski definition) is 1. The number of nitrogens with one attached hydrogen (secondary N) is 1. The molecule has 3 aromatic rings. The number of halogens is 1. The van der Waals surface area contributed by atoms with Gasteiger partial charge in [-0.25, -0.2) is 12.8 Å². The number of sulfonamides is 2. The van der Waals surface area contributed by atoms with Crippen molar-refractivity contribution >= 4 is 31.4 Å². The molecule has 1 aliphatic heterocycles. The number of anilines is 1. The molecule has 10 heteroatoms. The molecule has 1 aliphatic rings. The summed E-state index contributed by atoms with van der Waals surface area (Å²) in [6.07, 6.45) is 0.267. The predicted octanol–water partition coefficient (Wildman–Crippen LogP) is 4.44. The van der Waals surface area contributed by atoms with Crippen molar-refractivity contribution in [3.05, 3.63) is 95.3 Å². The van der Waals surface area contributed by atoms with Gasteiger partial charge in [0.2, 0.25) is 10.0 Å². The van der Waals surface area contributed by atoms with Crippen LogP contribution in [0.4, 0.5) is 10.1 Å². The van der Waals surface area contributed by atoms with Crippen molar-refractivity contribution in [2.45, 2.75) is 31.2 Å². The lowest BCUT2D eigenvalue weighted by atomic mass is 9.96. The van der Waals surface area contributed by atoms with E-state index in [1.807, 2.05) is 31.2 Å². The quantitative estimate of drug-likeness (QED) is 0.518. The Morgan fingerprint density at radius 2 is 1.74 bits per heavy atom. The summed E-state index contributed by atoms with van der Waals surface area (Å²) in [4.78, 5) is -0.194. The van der Waals surface area contributed by atoms with Crippen LogP contribution in [0.5, 0.6) is 0 Å². The standard InChI is InChI=1S/C24H24FN3O4S2/c1-3-33(29,30)27-20-11-6-9-18(14-20)23-16-24(22-13-5-4-8-17(22)2)28(26-23)34(31,32)21-12-7-10-19(25)15-21/h4-15,24,27H,3,16H2,1-2H3/t24-/m0/s1. The van der Waals surface area contributed by atoms with Crippen LogP contribution in [-0.2, 0) is 20.0 Å². The third-order valence-electron chi connectivity index (χ3n) is 5.61. The lowest BCUT2D eigenvalue weighted by molar-refractivity contribution is 0.370. The third-order valence-corrected chi connectivity index (χ3v) is 8.59. The highest BCUT2D eigenvalue weighted by atomic mass is 32.2. The van der Waals surface area contributed by atoms with Crippen molar-refractivity contribution < 1.29 is 21.2 Å². The minimum absolute atomic E-state index is 0.0762.